The lowest BCUT2D eigenvalue weighted by atomic mass is 9.91. The standard InChI is InChI=1S/C15H29N3O3S.ClH/c1-3-18(13-6-8-22(20,21)11-13)15(19)10-17-7-4-5-12(2)14(17)9-16;/h12-14H,3-11,16H2,1-2H3;1H. The van der Waals surface area contributed by atoms with Crippen LogP contribution in [-0.4, -0.2) is 73.9 Å². The molecule has 0 saturated carbocycles. The van der Waals surface area contributed by atoms with Crippen LogP contribution >= 0.6 is 12.4 Å². The smallest absolute Gasteiger partial charge is 0.237 e. The van der Waals surface area contributed by atoms with Gasteiger partial charge in [-0.2, -0.15) is 0 Å². The molecule has 0 radical (unpaired) electrons. The molecule has 2 N–H and O–H groups in total. The molecule has 1 amide bonds. The summed E-state index contributed by atoms with van der Waals surface area (Å²) in [5.74, 6) is 0.863. The number of amides is 1. The van der Waals surface area contributed by atoms with E-state index in [-0.39, 0.29) is 41.9 Å². The Balaban J connectivity index is 0.00000264. The van der Waals surface area contributed by atoms with Gasteiger partial charge < -0.3 is 10.6 Å². The summed E-state index contributed by atoms with van der Waals surface area (Å²) in [5, 5.41) is 0. The van der Waals surface area contributed by atoms with Gasteiger partial charge in [-0.05, 0) is 38.6 Å². The molecular formula is C15H30ClN3O3S. The minimum absolute atomic E-state index is 0. The second-order valence-electron chi connectivity index (χ2n) is 6.63. The van der Waals surface area contributed by atoms with E-state index >= 15 is 0 Å². The van der Waals surface area contributed by atoms with E-state index in [1.165, 1.54) is 0 Å². The van der Waals surface area contributed by atoms with Gasteiger partial charge in [-0.15, -0.1) is 12.4 Å². The van der Waals surface area contributed by atoms with Crippen molar-refractivity contribution in [2.75, 3.05) is 37.7 Å². The molecular weight excluding hydrogens is 338 g/mol. The molecule has 3 unspecified atom stereocenters. The molecule has 0 spiro atoms. The second kappa shape index (κ2) is 8.65. The van der Waals surface area contributed by atoms with Crippen molar-refractivity contribution >= 4 is 28.2 Å². The molecule has 2 saturated heterocycles. The first-order valence-corrected chi connectivity index (χ1v) is 10.1. The minimum atomic E-state index is -2.97. The van der Waals surface area contributed by atoms with Crippen LogP contribution in [0.3, 0.4) is 0 Å². The fraction of sp³-hybridized carbons (Fsp3) is 0.933. The van der Waals surface area contributed by atoms with Crippen LogP contribution in [0, 0.1) is 5.92 Å². The van der Waals surface area contributed by atoms with Gasteiger partial charge in [0.15, 0.2) is 9.84 Å². The van der Waals surface area contributed by atoms with Crippen LogP contribution in [0.25, 0.3) is 0 Å². The molecule has 2 aliphatic rings. The highest BCUT2D eigenvalue weighted by Gasteiger charge is 2.35. The van der Waals surface area contributed by atoms with Gasteiger partial charge in [0.05, 0.1) is 18.1 Å². The molecule has 136 valence electrons. The van der Waals surface area contributed by atoms with Crippen molar-refractivity contribution < 1.29 is 13.2 Å². The molecule has 0 aromatic carbocycles. The first-order valence-electron chi connectivity index (χ1n) is 8.32. The number of likely N-dealkylation sites (N-methyl/N-ethyl adjacent to an activating group) is 1. The van der Waals surface area contributed by atoms with E-state index in [4.69, 9.17) is 5.73 Å². The van der Waals surface area contributed by atoms with Gasteiger partial charge in [-0.25, -0.2) is 8.42 Å². The molecule has 2 aliphatic heterocycles. The number of carbonyl (C=O) groups is 1. The van der Waals surface area contributed by atoms with Crippen LogP contribution in [0.2, 0.25) is 0 Å². The number of halogens is 1. The summed E-state index contributed by atoms with van der Waals surface area (Å²) < 4.78 is 23.3. The van der Waals surface area contributed by atoms with E-state index < -0.39 is 9.84 Å². The zero-order chi connectivity index (χ0) is 16.3. The second-order valence-corrected chi connectivity index (χ2v) is 8.86. The van der Waals surface area contributed by atoms with E-state index in [1.807, 2.05) is 6.92 Å². The number of nitrogens with zero attached hydrogens (tertiary/aromatic N) is 2. The maximum absolute atomic E-state index is 12.7. The normalized spacial score (nSPS) is 30.7. The molecule has 2 rings (SSSR count). The number of carbonyl (C=O) groups excluding carboxylic acids is 1. The van der Waals surface area contributed by atoms with E-state index in [0.29, 0.717) is 32.0 Å². The van der Waals surface area contributed by atoms with Gasteiger partial charge in [0, 0.05) is 25.2 Å². The maximum Gasteiger partial charge on any atom is 0.237 e. The molecule has 23 heavy (non-hydrogen) atoms. The molecule has 2 heterocycles. The lowest BCUT2D eigenvalue weighted by molar-refractivity contribution is -0.135. The largest absolute Gasteiger partial charge is 0.338 e. The number of sulfone groups is 1. The average Bonchev–Trinajstić information content (AvgIpc) is 2.80. The molecule has 0 aromatic heterocycles. The van der Waals surface area contributed by atoms with Crippen LogP contribution in [0.4, 0.5) is 0 Å². The van der Waals surface area contributed by atoms with Gasteiger partial charge in [0.1, 0.15) is 0 Å². The zero-order valence-corrected chi connectivity index (χ0v) is 15.7. The molecule has 0 bridgehead atoms. The van der Waals surface area contributed by atoms with E-state index in [2.05, 4.69) is 11.8 Å². The summed E-state index contributed by atoms with van der Waals surface area (Å²) in [6.07, 6.45) is 2.82. The van der Waals surface area contributed by atoms with Crippen LogP contribution in [0.1, 0.15) is 33.1 Å². The Labute approximate surface area is 146 Å². The topological polar surface area (TPSA) is 83.7 Å². The summed E-state index contributed by atoms with van der Waals surface area (Å²) in [6, 6.07) is 0.102. The van der Waals surface area contributed by atoms with Crippen LogP contribution in [-0.2, 0) is 14.6 Å². The van der Waals surface area contributed by atoms with Gasteiger partial charge in [0.25, 0.3) is 0 Å². The number of nitrogens with two attached hydrogens (primary N) is 1. The minimum Gasteiger partial charge on any atom is -0.338 e. The quantitative estimate of drug-likeness (QED) is 0.765. The van der Waals surface area contributed by atoms with E-state index in [0.717, 1.165) is 19.4 Å². The summed E-state index contributed by atoms with van der Waals surface area (Å²) in [5.41, 5.74) is 5.88. The Bertz CT molecular complexity index is 500. The van der Waals surface area contributed by atoms with Crippen molar-refractivity contribution in [3.63, 3.8) is 0 Å². The fourth-order valence-electron chi connectivity index (χ4n) is 3.84. The highest BCUT2D eigenvalue weighted by atomic mass is 35.5. The Morgan fingerprint density at radius 3 is 2.57 bits per heavy atom. The van der Waals surface area contributed by atoms with Crippen molar-refractivity contribution in [3.05, 3.63) is 0 Å². The summed E-state index contributed by atoms with van der Waals surface area (Å²) in [6.45, 7) is 6.50. The molecule has 8 heteroatoms. The average molecular weight is 368 g/mol. The predicted octanol–water partition coefficient (Wildman–Crippen LogP) is 0.503. The summed E-state index contributed by atoms with van der Waals surface area (Å²) >= 11 is 0. The van der Waals surface area contributed by atoms with Gasteiger partial charge in [-0.3, -0.25) is 9.69 Å². The van der Waals surface area contributed by atoms with Crippen molar-refractivity contribution in [1.82, 2.24) is 9.80 Å². The third-order valence-corrected chi connectivity index (χ3v) is 6.87. The molecule has 2 fully saturated rings. The van der Waals surface area contributed by atoms with Crippen molar-refractivity contribution in [1.29, 1.82) is 0 Å². The van der Waals surface area contributed by atoms with Crippen LogP contribution in [0.5, 0.6) is 0 Å². The highest BCUT2D eigenvalue weighted by molar-refractivity contribution is 7.91. The Morgan fingerprint density at radius 1 is 1.35 bits per heavy atom. The lowest BCUT2D eigenvalue weighted by Crippen LogP contribution is -2.53. The van der Waals surface area contributed by atoms with Crippen LogP contribution < -0.4 is 5.73 Å². The van der Waals surface area contributed by atoms with Crippen molar-refractivity contribution in [3.8, 4) is 0 Å². The number of hydrogen-bond acceptors (Lipinski definition) is 5. The SMILES string of the molecule is CCN(C(=O)CN1CCCC(C)C1CN)C1CCS(=O)(=O)C1.Cl. The number of rotatable bonds is 5. The third-order valence-electron chi connectivity index (χ3n) is 5.12. The van der Waals surface area contributed by atoms with Crippen molar-refractivity contribution in [2.45, 2.75) is 45.2 Å². The van der Waals surface area contributed by atoms with Crippen molar-refractivity contribution in [2.24, 2.45) is 11.7 Å². The summed E-state index contributed by atoms with van der Waals surface area (Å²) in [7, 11) is -2.97. The number of likely N-dealkylation sites (tertiary alicyclic amines) is 1. The Morgan fingerprint density at radius 2 is 2.04 bits per heavy atom. The highest BCUT2D eigenvalue weighted by Crippen LogP contribution is 2.23. The maximum atomic E-state index is 12.7. The molecule has 3 atom stereocenters. The first kappa shape index (κ1) is 20.7. The number of hydrogen-bond donors (Lipinski definition) is 1. The van der Waals surface area contributed by atoms with Gasteiger partial charge in [0.2, 0.25) is 5.91 Å². The van der Waals surface area contributed by atoms with E-state index in [1.54, 1.807) is 4.90 Å². The summed E-state index contributed by atoms with van der Waals surface area (Å²) in [4.78, 5) is 16.6. The Kier molecular flexibility index (Phi) is 7.77. The zero-order valence-electron chi connectivity index (χ0n) is 14.1. The lowest BCUT2D eigenvalue weighted by Gasteiger charge is -2.40. The fourth-order valence-corrected chi connectivity index (χ4v) is 5.57. The first-order chi connectivity index (χ1) is 10.4. The van der Waals surface area contributed by atoms with Gasteiger partial charge >= 0.3 is 0 Å². The molecule has 0 aliphatic carbocycles. The Hall–Kier alpha value is -0.370. The predicted molar refractivity (Wildman–Crippen MR) is 94.5 cm³/mol. The van der Waals surface area contributed by atoms with E-state index in [9.17, 15) is 13.2 Å². The third kappa shape index (κ3) is 5.05. The molecule has 0 aromatic rings. The van der Waals surface area contributed by atoms with Gasteiger partial charge in [-0.1, -0.05) is 6.92 Å². The van der Waals surface area contributed by atoms with Crippen LogP contribution in [0.15, 0.2) is 0 Å². The monoisotopic (exact) mass is 367 g/mol. The number of piperidine rings is 1. The molecule has 6 nitrogen and oxygen atoms in total.